The van der Waals surface area contributed by atoms with Gasteiger partial charge in [-0.1, -0.05) is 6.07 Å². The first-order valence-corrected chi connectivity index (χ1v) is 6.43. The maximum atomic E-state index is 11.7. The molecule has 2 heterocycles. The van der Waals surface area contributed by atoms with Gasteiger partial charge in [0.1, 0.15) is 11.5 Å². The SMILES string of the molecule is Cc1nnc(-c2ccc3c(c2)CCC(=O)N3C)c(N)n1. The van der Waals surface area contributed by atoms with Crippen molar-refractivity contribution in [2.45, 2.75) is 19.8 Å². The van der Waals surface area contributed by atoms with Crippen molar-refractivity contribution < 1.29 is 4.79 Å². The molecular weight excluding hydrogens is 254 g/mol. The number of benzene rings is 1. The molecule has 0 aliphatic carbocycles. The number of aromatic nitrogens is 3. The zero-order valence-electron chi connectivity index (χ0n) is 11.4. The monoisotopic (exact) mass is 269 g/mol. The fourth-order valence-electron chi connectivity index (χ4n) is 2.43. The van der Waals surface area contributed by atoms with Crippen LogP contribution >= 0.6 is 0 Å². The number of anilines is 2. The largest absolute Gasteiger partial charge is 0.382 e. The Balaban J connectivity index is 2.07. The van der Waals surface area contributed by atoms with E-state index in [-0.39, 0.29) is 5.91 Å². The number of nitrogens with zero attached hydrogens (tertiary/aromatic N) is 4. The molecule has 1 aromatic carbocycles. The quantitative estimate of drug-likeness (QED) is 0.844. The summed E-state index contributed by atoms with van der Waals surface area (Å²) in [6.45, 7) is 1.75. The molecule has 1 aliphatic rings. The molecule has 2 N–H and O–H groups in total. The van der Waals surface area contributed by atoms with Gasteiger partial charge in [-0.15, -0.1) is 10.2 Å². The molecule has 0 fully saturated rings. The second kappa shape index (κ2) is 4.56. The third-order valence-corrected chi connectivity index (χ3v) is 3.52. The Hall–Kier alpha value is -2.50. The van der Waals surface area contributed by atoms with Gasteiger partial charge in [0.15, 0.2) is 5.82 Å². The highest BCUT2D eigenvalue weighted by Gasteiger charge is 2.21. The number of fused-ring (bicyclic) bond motifs is 1. The Morgan fingerprint density at radius 3 is 2.80 bits per heavy atom. The summed E-state index contributed by atoms with van der Waals surface area (Å²) in [6, 6.07) is 5.82. The molecule has 0 unspecified atom stereocenters. The van der Waals surface area contributed by atoms with Crippen LogP contribution in [0.4, 0.5) is 11.5 Å². The number of hydrogen-bond donors (Lipinski definition) is 1. The number of carbonyl (C=O) groups excluding carboxylic acids is 1. The Morgan fingerprint density at radius 2 is 2.05 bits per heavy atom. The first-order valence-electron chi connectivity index (χ1n) is 6.43. The van der Waals surface area contributed by atoms with Crippen LogP contribution in [-0.4, -0.2) is 28.1 Å². The molecule has 0 radical (unpaired) electrons. The Kier molecular flexibility index (Phi) is 2.85. The van der Waals surface area contributed by atoms with E-state index in [0.29, 0.717) is 23.8 Å². The van der Waals surface area contributed by atoms with Crippen molar-refractivity contribution in [2.24, 2.45) is 0 Å². The van der Waals surface area contributed by atoms with Crippen molar-refractivity contribution in [1.29, 1.82) is 0 Å². The molecule has 2 aromatic rings. The third kappa shape index (κ3) is 1.99. The van der Waals surface area contributed by atoms with Crippen molar-refractivity contribution in [3.8, 4) is 11.3 Å². The van der Waals surface area contributed by atoms with Crippen LogP contribution in [0.1, 0.15) is 17.8 Å². The van der Waals surface area contributed by atoms with Crippen LogP contribution in [0.3, 0.4) is 0 Å². The lowest BCUT2D eigenvalue weighted by molar-refractivity contribution is -0.118. The van der Waals surface area contributed by atoms with Crippen molar-refractivity contribution in [3.05, 3.63) is 29.6 Å². The molecule has 0 saturated carbocycles. The minimum atomic E-state index is 0.140. The average Bonchev–Trinajstić information content (AvgIpc) is 2.43. The van der Waals surface area contributed by atoms with Gasteiger partial charge in [-0.2, -0.15) is 0 Å². The summed E-state index contributed by atoms with van der Waals surface area (Å²) in [5, 5.41) is 8.06. The number of hydrogen-bond acceptors (Lipinski definition) is 5. The molecule has 0 atom stereocenters. The summed E-state index contributed by atoms with van der Waals surface area (Å²) >= 11 is 0. The van der Waals surface area contributed by atoms with Crippen LogP contribution in [0.5, 0.6) is 0 Å². The number of nitrogen functional groups attached to an aromatic ring is 1. The predicted octanol–water partition coefficient (Wildman–Crippen LogP) is 1.34. The molecule has 0 spiro atoms. The Bertz CT molecular complexity index is 698. The summed E-state index contributed by atoms with van der Waals surface area (Å²) in [4.78, 5) is 17.5. The van der Waals surface area contributed by atoms with Crippen molar-refractivity contribution in [1.82, 2.24) is 15.2 Å². The Morgan fingerprint density at radius 1 is 1.25 bits per heavy atom. The fraction of sp³-hybridized carbons (Fsp3) is 0.286. The van der Waals surface area contributed by atoms with Gasteiger partial charge in [-0.05, 0) is 31.0 Å². The molecule has 102 valence electrons. The zero-order chi connectivity index (χ0) is 14.3. The van der Waals surface area contributed by atoms with E-state index < -0.39 is 0 Å². The molecular formula is C14H15N5O. The van der Waals surface area contributed by atoms with Crippen LogP contribution in [0.2, 0.25) is 0 Å². The van der Waals surface area contributed by atoms with Gasteiger partial charge in [0, 0.05) is 24.7 Å². The molecule has 1 amide bonds. The normalized spacial score (nSPS) is 14.3. The fourth-order valence-corrected chi connectivity index (χ4v) is 2.43. The van der Waals surface area contributed by atoms with E-state index in [0.717, 1.165) is 23.2 Å². The topological polar surface area (TPSA) is 85.0 Å². The minimum Gasteiger partial charge on any atom is -0.382 e. The second-order valence-corrected chi connectivity index (χ2v) is 4.89. The molecule has 6 heteroatoms. The van der Waals surface area contributed by atoms with Gasteiger partial charge < -0.3 is 10.6 Å². The molecule has 0 saturated heterocycles. The maximum Gasteiger partial charge on any atom is 0.227 e. The number of nitrogens with two attached hydrogens (primary N) is 1. The minimum absolute atomic E-state index is 0.140. The van der Waals surface area contributed by atoms with Crippen molar-refractivity contribution in [2.75, 3.05) is 17.7 Å². The molecule has 6 nitrogen and oxygen atoms in total. The molecule has 20 heavy (non-hydrogen) atoms. The van der Waals surface area contributed by atoms with Gasteiger partial charge in [-0.3, -0.25) is 4.79 Å². The lowest BCUT2D eigenvalue weighted by atomic mass is 9.98. The third-order valence-electron chi connectivity index (χ3n) is 3.52. The van der Waals surface area contributed by atoms with E-state index in [9.17, 15) is 4.79 Å². The highest BCUT2D eigenvalue weighted by atomic mass is 16.2. The zero-order valence-corrected chi connectivity index (χ0v) is 11.4. The lowest BCUT2D eigenvalue weighted by Crippen LogP contribution is -2.31. The van der Waals surface area contributed by atoms with Gasteiger partial charge in [0.05, 0.1) is 0 Å². The highest BCUT2D eigenvalue weighted by molar-refractivity contribution is 5.96. The molecule has 0 bridgehead atoms. The lowest BCUT2D eigenvalue weighted by Gasteiger charge is -2.26. The van der Waals surface area contributed by atoms with E-state index in [1.165, 1.54) is 0 Å². The van der Waals surface area contributed by atoms with Crippen LogP contribution < -0.4 is 10.6 Å². The number of aryl methyl sites for hydroxylation is 2. The highest BCUT2D eigenvalue weighted by Crippen LogP contribution is 2.31. The van der Waals surface area contributed by atoms with Crippen LogP contribution in [0.25, 0.3) is 11.3 Å². The smallest absolute Gasteiger partial charge is 0.227 e. The van der Waals surface area contributed by atoms with Crippen molar-refractivity contribution >= 4 is 17.4 Å². The molecule has 1 aliphatic heterocycles. The first kappa shape index (κ1) is 12.5. The average molecular weight is 269 g/mol. The van der Waals surface area contributed by atoms with Crippen LogP contribution in [-0.2, 0) is 11.2 Å². The van der Waals surface area contributed by atoms with Crippen LogP contribution in [0, 0.1) is 6.92 Å². The van der Waals surface area contributed by atoms with E-state index in [2.05, 4.69) is 15.2 Å². The molecule has 3 rings (SSSR count). The number of rotatable bonds is 1. The van der Waals surface area contributed by atoms with E-state index in [1.54, 1.807) is 18.9 Å². The van der Waals surface area contributed by atoms with Crippen molar-refractivity contribution in [3.63, 3.8) is 0 Å². The summed E-state index contributed by atoms with van der Waals surface area (Å²) in [7, 11) is 1.79. The summed E-state index contributed by atoms with van der Waals surface area (Å²) in [5.41, 5.74) is 9.42. The maximum absolute atomic E-state index is 11.7. The predicted molar refractivity (Wildman–Crippen MR) is 76.1 cm³/mol. The van der Waals surface area contributed by atoms with Gasteiger partial charge in [0.2, 0.25) is 5.91 Å². The summed E-state index contributed by atoms with van der Waals surface area (Å²) in [6.07, 6.45) is 1.26. The van der Waals surface area contributed by atoms with Gasteiger partial charge in [-0.25, -0.2) is 4.98 Å². The van der Waals surface area contributed by atoms with E-state index in [1.807, 2.05) is 18.2 Å². The van der Waals surface area contributed by atoms with Gasteiger partial charge in [0.25, 0.3) is 0 Å². The van der Waals surface area contributed by atoms with E-state index in [4.69, 9.17) is 5.73 Å². The summed E-state index contributed by atoms with van der Waals surface area (Å²) in [5.74, 6) is 1.06. The number of carbonyl (C=O) groups is 1. The molecule has 1 aromatic heterocycles. The van der Waals surface area contributed by atoms with Crippen LogP contribution in [0.15, 0.2) is 18.2 Å². The van der Waals surface area contributed by atoms with E-state index >= 15 is 0 Å². The number of amides is 1. The van der Waals surface area contributed by atoms with Gasteiger partial charge >= 0.3 is 0 Å². The summed E-state index contributed by atoms with van der Waals surface area (Å²) < 4.78 is 0. The standard InChI is InChI=1S/C14H15N5O/c1-8-16-14(15)13(18-17-8)10-3-5-11-9(7-10)4-6-12(20)19(11)2/h3,5,7H,4,6H2,1-2H3,(H2,15,16,17). The second-order valence-electron chi connectivity index (χ2n) is 4.89. The first-order chi connectivity index (χ1) is 9.56. The Labute approximate surface area is 116 Å².